The van der Waals surface area contributed by atoms with Gasteiger partial charge in [-0.3, -0.25) is 0 Å². The molecule has 1 aliphatic rings. The van der Waals surface area contributed by atoms with E-state index in [1.165, 1.54) is 6.08 Å². The van der Waals surface area contributed by atoms with Gasteiger partial charge in [0.25, 0.3) is 0 Å². The Morgan fingerprint density at radius 1 is 1.19 bits per heavy atom. The predicted molar refractivity (Wildman–Crippen MR) is 101 cm³/mol. The van der Waals surface area contributed by atoms with Crippen molar-refractivity contribution < 1.29 is 19.1 Å². The lowest BCUT2D eigenvalue weighted by Crippen LogP contribution is -2.32. The van der Waals surface area contributed by atoms with E-state index in [2.05, 4.69) is 11.9 Å². The van der Waals surface area contributed by atoms with Crippen LogP contribution in [0.4, 0.5) is 0 Å². The van der Waals surface area contributed by atoms with Crippen molar-refractivity contribution >= 4 is 23.5 Å². The predicted octanol–water partition coefficient (Wildman–Crippen LogP) is 3.87. The number of hydrogen-bond donors (Lipinski definition) is 1. The molecule has 1 aliphatic heterocycles. The maximum atomic E-state index is 12.7. The Labute approximate surface area is 158 Å². The average Bonchev–Trinajstić information content (AvgIpc) is 2.59. The van der Waals surface area contributed by atoms with Gasteiger partial charge < -0.3 is 14.8 Å². The molecule has 1 aromatic carbocycles. The van der Waals surface area contributed by atoms with Gasteiger partial charge in [-0.05, 0) is 38.5 Å². The van der Waals surface area contributed by atoms with Crippen LogP contribution in [0.5, 0.6) is 0 Å². The maximum Gasteiger partial charge on any atom is 0.337 e. The van der Waals surface area contributed by atoms with Crippen LogP contribution in [0.1, 0.15) is 32.3 Å². The molecule has 0 aromatic heterocycles. The molecule has 1 unspecified atom stereocenters. The zero-order valence-corrected chi connectivity index (χ0v) is 15.9. The van der Waals surface area contributed by atoms with Gasteiger partial charge in [0.2, 0.25) is 0 Å². The topological polar surface area (TPSA) is 64.6 Å². The summed E-state index contributed by atoms with van der Waals surface area (Å²) in [4.78, 5) is 25.3. The Morgan fingerprint density at radius 3 is 2.35 bits per heavy atom. The molecule has 0 fully saturated rings. The number of benzene rings is 1. The number of carbonyl (C=O) groups excluding carboxylic acids is 2. The third-order valence-electron chi connectivity index (χ3n) is 3.99. The fraction of sp³-hybridized carbons (Fsp3) is 0.300. The SMILES string of the molecule is C=CCOC(=O)C1=C(C)NC(C)=C(C(=O)OCC)C1c1cccc(Cl)c1. The first-order valence-electron chi connectivity index (χ1n) is 8.29. The third-order valence-corrected chi connectivity index (χ3v) is 4.23. The van der Waals surface area contributed by atoms with Crippen LogP contribution in [0.2, 0.25) is 5.02 Å². The minimum atomic E-state index is -0.633. The van der Waals surface area contributed by atoms with Crippen LogP contribution in [-0.4, -0.2) is 25.2 Å². The molecule has 1 aromatic rings. The molecule has 138 valence electrons. The molecule has 0 aliphatic carbocycles. The van der Waals surface area contributed by atoms with Crippen molar-refractivity contribution in [2.24, 2.45) is 0 Å². The summed E-state index contributed by atoms with van der Waals surface area (Å²) in [5.74, 6) is -1.63. The maximum absolute atomic E-state index is 12.7. The lowest BCUT2D eigenvalue weighted by molar-refractivity contribution is -0.139. The van der Waals surface area contributed by atoms with Crippen LogP contribution in [-0.2, 0) is 19.1 Å². The number of esters is 2. The van der Waals surface area contributed by atoms with Crippen LogP contribution in [0.25, 0.3) is 0 Å². The van der Waals surface area contributed by atoms with E-state index in [1.54, 1.807) is 39.0 Å². The van der Waals surface area contributed by atoms with Crippen molar-refractivity contribution in [3.63, 3.8) is 0 Å². The first-order chi connectivity index (χ1) is 12.4. The zero-order valence-electron chi connectivity index (χ0n) is 15.1. The number of dihydropyridines is 1. The molecule has 6 heteroatoms. The molecule has 0 saturated heterocycles. The molecule has 0 radical (unpaired) electrons. The van der Waals surface area contributed by atoms with Crippen molar-refractivity contribution in [3.05, 3.63) is 70.0 Å². The molecule has 0 amide bonds. The van der Waals surface area contributed by atoms with E-state index in [0.717, 1.165) is 0 Å². The number of carbonyl (C=O) groups is 2. The van der Waals surface area contributed by atoms with Gasteiger partial charge in [0.05, 0.1) is 23.7 Å². The van der Waals surface area contributed by atoms with Crippen molar-refractivity contribution in [1.82, 2.24) is 5.32 Å². The van der Waals surface area contributed by atoms with Gasteiger partial charge in [-0.2, -0.15) is 0 Å². The van der Waals surface area contributed by atoms with E-state index >= 15 is 0 Å². The van der Waals surface area contributed by atoms with E-state index in [4.69, 9.17) is 21.1 Å². The second-order valence-corrected chi connectivity index (χ2v) is 6.23. The molecular formula is C20H22ClNO4. The monoisotopic (exact) mass is 375 g/mol. The first kappa shape index (κ1) is 19.8. The highest BCUT2D eigenvalue weighted by molar-refractivity contribution is 6.30. The molecule has 0 bridgehead atoms. The minimum Gasteiger partial charge on any atom is -0.463 e. The minimum absolute atomic E-state index is 0.0787. The summed E-state index contributed by atoms with van der Waals surface area (Å²) >= 11 is 6.14. The summed E-state index contributed by atoms with van der Waals surface area (Å²) in [5, 5.41) is 3.60. The fourth-order valence-corrected chi connectivity index (χ4v) is 3.17. The molecule has 26 heavy (non-hydrogen) atoms. The Kier molecular flexibility index (Phi) is 6.64. The Morgan fingerprint density at radius 2 is 1.81 bits per heavy atom. The van der Waals surface area contributed by atoms with E-state index < -0.39 is 17.9 Å². The number of ether oxygens (including phenoxy) is 2. The number of rotatable bonds is 6. The smallest absolute Gasteiger partial charge is 0.337 e. The normalized spacial score (nSPS) is 16.8. The molecule has 5 nitrogen and oxygen atoms in total. The van der Waals surface area contributed by atoms with Gasteiger partial charge in [-0.25, -0.2) is 9.59 Å². The van der Waals surface area contributed by atoms with Crippen LogP contribution < -0.4 is 5.32 Å². The van der Waals surface area contributed by atoms with Crippen molar-refractivity contribution in [3.8, 4) is 0 Å². The summed E-state index contributed by atoms with van der Waals surface area (Å²) in [7, 11) is 0. The number of halogens is 1. The summed E-state index contributed by atoms with van der Waals surface area (Å²) < 4.78 is 10.5. The van der Waals surface area contributed by atoms with Crippen LogP contribution in [0.3, 0.4) is 0 Å². The van der Waals surface area contributed by atoms with Crippen LogP contribution >= 0.6 is 11.6 Å². The van der Waals surface area contributed by atoms with Crippen molar-refractivity contribution in [2.45, 2.75) is 26.7 Å². The van der Waals surface area contributed by atoms with E-state index in [-0.39, 0.29) is 13.2 Å². The number of allylic oxidation sites excluding steroid dienone is 2. The highest BCUT2D eigenvalue weighted by atomic mass is 35.5. The van der Waals surface area contributed by atoms with Crippen LogP contribution in [0.15, 0.2) is 59.5 Å². The largest absolute Gasteiger partial charge is 0.463 e. The lowest BCUT2D eigenvalue weighted by atomic mass is 9.80. The third kappa shape index (κ3) is 4.17. The van der Waals surface area contributed by atoms with E-state index in [0.29, 0.717) is 33.1 Å². The first-order valence-corrected chi connectivity index (χ1v) is 8.67. The van der Waals surface area contributed by atoms with E-state index in [1.807, 2.05) is 6.07 Å². The Hall–Kier alpha value is -2.53. The summed E-state index contributed by atoms with van der Waals surface area (Å²) in [6, 6.07) is 7.07. The van der Waals surface area contributed by atoms with E-state index in [9.17, 15) is 9.59 Å². The van der Waals surface area contributed by atoms with Crippen LogP contribution in [0, 0.1) is 0 Å². The van der Waals surface area contributed by atoms with Crippen molar-refractivity contribution in [2.75, 3.05) is 13.2 Å². The van der Waals surface area contributed by atoms with Gasteiger partial charge >= 0.3 is 11.9 Å². The second kappa shape index (κ2) is 8.72. The molecule has 1 heterocycles. The Bertz CT molecular complexity index is 795. The molecule has 1 N–H and O–H groups in total. The molecule has 2 rings (SSSR count). The molecule has 0 spiro atoms. The summed E-state index contributed by atoms with van der Waals surface area (Å²) in [6.45, 7) is 9.15. The second-order valence-electron chi connectivity index (χ2n) is 5.80. The van der Waals surface area contributed by atoms with Gasteiger partial charge in [-0.15, -0.1) is 0 Å². The fourth-order valence-electron chi connectivity index (χ4n) is 2.98. The number of hydrogen-bond acceptors (Lipinski definition) is 5. The quantitative estimate of drug-likeness (QED) is 0.604. The highest BCUT2D eigenvalue weighted by Crippen LogP contribution is 2.39. The van der Waals surface area contributed by atoms with Crippen molar-refractivity contribution in [1.29, 1.82) is 0 Å². The standard InChI is InChI=1S/C20H22ClNO4/c1-5-10-26-20(24)17-13(4)22-12(3)16(19(23)25-6-2)18(17)14-8-7-9-15(21)11-14/h5,7-9,11,18,22H,1,6,10H2,2-4H3. The average molecular weight is 376 g/mol. The molecular weight excluding hydrogens is 354 g/mol. The summed E-state index contributed by atoms with van der Waals surface area (Å²) in [6.07, 6.45) is 1.49. The highest BCUT2D eigenvalue weighted by Gasteiger charge is 2.37. The van der Waals surface area contributed by atoms with Gasteiger partial charge in [0.15, 0.2) is 0 Å². The van der Waals surface area contributed by atoms with Gasteiger partial charge in [0, 0.05) is 16.4 Å². The van der Waals surface area contributed by atoms with Gasteiger partial charge in [-0.1, -0.05) is 36.4 Å². The zero-order chi connectivity index (χ0) is 19.3. The molecule has 0 saturated carbocycles. The number of nitrogens with one attached hydrogen (secondary N) is 1. The van der Waals surface area contributed by atoms with Gasteiger partial charge in [0.1, 0.15) is 6.61 Å². The lowest BCUT2D eigenvalue weighted by Gasteiger charge is -2.30. The Balaban J connectivity index is 2.61. The summed E-state index contributed by atoms with van der Waals surface area (Å²) in [5.41, 5.74) is 2.68. The molecule has 1 atom stereocenters.